The van der Waals surface area contributed by atoms with Gasteiger partial charge >= 0.3 is 0 Å². The van der Waals surface area contributed by atoms with Crippen molar-refractivity contribution in [1.29, 1.82) is 0 Å². The molecule has 2 saturated carbocycles. The van der Waals surface area contributed by atoms with E-state index in [9.17, 15) is 0 Å². The molecule has 0 N–H and O–H groups in total. The molecule has 1 aliphatic heterocycles. The van der Waals surface area contributed by atoms with E-state index in [0.717, 1.165) is 24.4 Å². The van der Waals surface area contributed by atoms with E-state index in [1.54, 1.807) is 0 Å². The summed E-state index contributed by atoms with van der Waals surface area (Å²) in [6, 6.07) is 0. The maximum atomic E-state index is 5.84. The predicted octanol–water partition coefficient (Wildman–Crippen LogP) is 3.16. The highest BCUT2D eigenvalue weighted by Crippen LogP contribution is 2.44. The maximum absolute atomic E-state index is 5.84. The van der Waals surface area contributed by atoms with Crippen LogP contribution in [0.4, 0.5) is 0 Å². The van der Waals surface area contributed by atoms with Crippen molar-refractivity contribution in [3.63, 3.8) is 0 Å². The highest BCUT2D eigenvalue weighted by Gasteiger charge is 2.38. The summed E-state index contributed by atoms with van der Waals surface area (Å²) in [6.45, 7) is 0.860. The molecule has 1 heterocycles. The molecule has 0 aromatic heterocycles. The molecule has 2 fully saturated rings. The van der Waals surface area contributed by atoms with Gasteiger partial charge in [0.25, 0.3) is 0 Å². The molecule has 0 bridgehead atoms. The number of hydrogen-bond acceptors (Lipinski definition) is 1. The van der Waals surface area contributed by atoms with E-state index >= 15 is 0 Å². The van der Waals surface area contributed by atoms with Gasteiger partial charge in [-0.15, -0.1) is 0 Å². The van der Waals surface area contributed by atoms with Crippen LogP contribution in [-0.2, 0) is 4.74 Å². The van der Waals surface area contributed by atoms with Crippen LogP contribution >= 0.6 is 0 Å². The van der Waals surface area contributed by atoms with Crippen LogP contribution in [0, 0.1) is 17.8 Å². The molecule has 2 aliphatic carbocycles. The van der Waals surface area contributed by atoms with Gasteiger partial charge in [0.2, 0.25) is 0 Å². The summed E-state index contributed by atoms with van der Waals surface area (Å²) in [7, 11) is 0. The van der Waals surface area contributed by atoms with Crippen LogP contribution in [0.2, 0.25) is 0 Å². The Morgan fingerprint density at radius 2 is 1.79 bits per heavy atom. The summed E-state index contributed by atoms with van der Waals surface area (Å²) in [5, 5.41) is 0. The smallest absolute Gasteiger partial charge is 0.0651 e. The SMILES string of the molecule is C1=CC2CC3CCCCC3CC2OC1. The number of hydrogen-bond donors (Lipinski definition) is 0. The van der Waals surface area contributed by atoms with Crippen LogP contribution in [0.1, 0.15) is 38.5 Å². The van der Waals surface area contributed by atoms with E-state index in [1.807, 2.05) is 0 Å². The summed E-state index contributed by atoms with van der Waals surface area (Å²) in [5.41, 5.74) is 0. The first-order valence-corrected chi connectivity index (χ1v) is 6.22. The zero-order chi connectivity index (χ0) is 9.38. The molecule has 0 aromatic carbocycles. The summed E-state index contributed by atoms with van der Waals surface area (Å²) in [6.07, 6.45) is 13.9. The molecular weight excluding hydrogens is 172 g/mol. The van der Waals surface area contributed by atoms with Gasteiger partial charge in [0.15, 0.2) is 0 Å². The lowest BCUT2D eigenvalue weighted by molar-refractivity contribution is -0.0352. The van der Waals surface area contributed by atoms with Crippen LogP contribution in [0.3, 0.4) is 0 Å². The van der Waals surface area contributed by atoms with Crippen molar-refractivity contribution in [2.24, 2.45) is 17.8 Å². The summed E-state index contributed by atoms with van der Waals surface area (Å²) < 4.78 is 5.84. The first-order valence-electron chi connectivity index (χ1n) is 6.22. The highest BCUT2D eigenvalue weighted by molar-refractivity contribution is 5.01. The molecule has 78 valence electrons. The van der Waals surface area contributed by atoms with Gasteiger partial charge in [-0.1, -0.05) is 37.8 Å². The molecule has 14 heavy (non-hydrogen) atoms. The van der Waals surface area contributed by atoms with Crippen molar-refractivity contribution in [2.45, 2.75) is 44.6 Å². The van der Waals surface area contributed by atoms with Crippen molar-refractivity contribution < 1.29 is 4.74 Å². The molecule has 0 saturated heterocycles. The fraction of sp³-hybridized carbons (Fsp3) is 0.846. The molecule has 3 aliphatic rings. The Labute approximate surface area is 86.5 Å². The molecule has 1 nitrogen and oxygen atoms in total. The molecule has 3 rings (SSSR count). The Bertz CT molecular complexity index is 233. The zero-order valence-corrected chi connectivity index (χ0v) is 8.82. The Hall–Kier alpha value is -0.300. The van der Waals surface area contributed by atoms with Gasteiger partial charge in [-0.2, -0.15) is 0 Å². The Morgan fingerprint density at radius 1 is 1.00 bits per heavy atom. The molecule has 0 spiro atoms. The van der Waals surface area contributed by atoms with Gasteiger partial charge in [-0.05, 0) is 24.7 Å². The molecule has 0 amide bonds. The van der Waals surface area contributed by atoms with Crippen molar-refractivity contribution in [2.75, 3.05) is 6.61 Å². The third-order valence-corrected chi connectivity index (χ3v) is 4.44. The molecule has 4 unspecified atom stereocenters. The monoisotopic (exact) mass is 192 g/mol. The molecule has 1 heteroatoms. The number of ether oxygens (including phenoxy) is 1. The second-order valence-electron chi connectivity index (χ2n) is 5.24. The van der Waals surface area contributed by atoms with E-state index in [0.29, 0.717) is 6.10 Å². The lowest BCUT2D eigenvalue weighted by Crippen LogP contribution is -2.39. The average molecular weight is 192 g/mol. The van der Waals surface area contributed by atoms with E-state index in [4.69, 9.17) is 4.74 Å². The minimum absolute atomic E-state index is 0.569. The van der Waals surface area contributed by atoms with Crippen molar-refractivity contribution in [1.82, 2.24) is 0 Å². The normalized spacial score (nSPS) is 46.9. The minimum atomic E-state index is 0.569. The maximum Gasteiger partial charge on any atom is 0.0651 e. The fourth-order valence-electron chi connectivity index (χ4n) is 3.68. The third-order valence-electron chi connectivity index (χ3n) is 4.44. The first kappa shape index (κ1) is 8.96. The quantitative estimate of drug-likeness (QED) is 0.536. The Kier molecular flexibility index (Phi) is 2.36. The summed E-state index contributed by atoms with van der Waals surface area (Å²) in [5.74, 6) is 2.77. The van der Waals surface area contributed by atoms with Crippen molar-refractivity contribution in [3.8, 4) is 0 Å². The Balaban J connectivity index is 1.73. The summed E-state index contributed by atoms with van der Waals surface area (Å²) >= 11 is 0. The molecular formula is C13H20O. The topological polar surface area (TPSA) is 9.23 Å². The largest absolute Gasteiger partial charge is 0.374 e. The lowest BCUT2D eigenvalue weighted by Gasteiger charge is -2.43. The second kappa shape index (κ2) is 3.69. The highest BCUT2D eigenvalue weighted by atomic mass is 16.5. The Morgan fingerprint density at radius 3 is 2.64 bits per heavy atom. The van der Waals surface area contributed by atoms with Crippen LogP contribution in [-0.4, -0.2) is 12.7 Å². The third kappa shape index (κ3) is 1.52. The summed E-state index contributed by atoms with van der Waals surface area (Å²) in [4.78, 5) is 0. The standard InChI is InChI=1S/C13H20O/c1-2-5-11-9-13-12(6-3-7-14-13)8-10(11)4-1/h3,6,10-13H,1-2,4-5,7-9H2. The average Bonchev–Trinajstić information content (AvgIpc) is 2.26. The zero-order valence-electron chi connectivity index (χ0n) is 8.82. The van der Waals surface area contributed by atoms with Crippen molar-refractivity contribution >= 4 is 0 Å². The van der Waals surface area contributed by atoms with Gasteiger partial charge in [0, 0.05) is 5.92 Å². The van der Waals surface area contributed by atoms with Crippen LogP contribution in [0.15, 0.2) is 12.2 Å². The van der Waals surface area contributed by atoms with Gasteiger partial charge < -0.3 is 4.74 Å². The molecule has 0 radical (unpaired) electrons. The van der Waals surface area contributed by atoms with E-state index < -0.39 is 0 Å². The van der Waals surface area contributed by atoms with Gasteiger partial charge in [0.1, 0.15) is 0 Å². The van der Waals surface area contributed by atoms with Crippen LogP contribution in [0.25, 0.3) is 0 Å². The van der Waals surface area contributed by atoms with Crippen LogP contribution < -0.4 is 0 Å². The predicted molar refractivity (Wildman–Crippen MR) is 57.1 cm³/mol. The van der Waals surface area contributed by atoms with Gasteiger partial charge in [-0.25, -0.2) is 0 Å². The molecule has 0 aromatic rings. The van der Waals surface area contributed by atoms with E-state index in [1.165, 1.54) is 38.5 Å². The van der Waals surface area contributed by atoms with E-state index in [-0.39, 0.29) is 0 Å². The van der Waals surface area contributed by atoms with Gasteiger partial charge in [-0.3, -0.25) is 0 Å². The number of fused-ring (bicyclic) bond motifs is 2. The first-order chi connectivity index (χ1) is 6.93. The van der Waals surface area contributed by atoms with Gasteiger partial charge in [0.05, 0.1) is 12.7 Å². The number of rotatable bonds is 0. The minimum Gasteiger partial charge on any atom is -0.374 e. The lowest BCUT2D eigenvalue weighted by atomic mass is 9.66. The molecule has 4 atom stereocenters. The fourth-order valence-corrected chi connectivity index (χ4v) is 3.68. The second-order valence-corrected chi connectivity index (χ2v) is 5.24. The van der Waals surface area contributed by atoms with Crippen LogP contribution in [0.5, 0.6) is 0 Å². The van der Waals surface area contributed by atoms with E-state index in [2.05, 4.69) is 12.2 Å². The van der Waals surface area contributed by atoms with Crippen molar-refractivity contribution in [3.05, 3.63) is 12.2 Å².